The highest BCUT2D eigenvalue weighted by Gasteiger charge is 2.72. The molecule has 3 aliphatic heterocycles. The lowest BCUT2D eigenvalue weighted by Crippen LogP contribution is -2.48. The van der Waals surface area contributed by atoms with Crippen molar-refractivity contribution in [1.82, 2.24) is 0 Å². The number of alkyl halides is 2. The lowest BCUT2D eigenvalue weighted by Gasteiger charge is -2.33. The lowest BCUT2D eigenvalue weighted by molar-refractivity contribution is -0.200. The Morgan fingerprint density at radius 2 is 1.70 bits per heavy atom. The van der Waals surface area contributed by atoms with Crippen molar-refractivity contribution in [2.24, 2.45) is 35.5 Å². The molecule has 6 rings (SSSR count). The Bertz CT molecular complexity index is 1290. The maximum Gasteiger partial charge on any atom is 0.405 e. The number of esters is 4. The molecular weight excluding hydrogens is 602 g/mol. The van der Waals surface area contributed by atoms with E-state index in [0.717, 1.165) is 18.8 Å². The monoisotopic (exact) mass is 636 g/mol. The van der Waals surface area contributed by atoms with Crippen LogP contribution < -0.4 is 0 Å². The summed E-state index contributed by atoms with van der Waals surface area (Å²) in [5.41, 5.74) is 0. The van der Waals surface area contributed by atoms with Gasteiger partial charge in [0.1, 0.15) is 24.0 Å². The van der Waals surface area contributed by atoms with E-state index in [0.29, 0.717) is 24.7 Å². The van der Waals surface area contributed by atoms with Gasteiger partial charge in [-0.1, -0.05) is 6.42 Å². The average molecular weight is 637 g/mol. The molecule has 1 N–H and O–H groups in total. The summed E-state index contributed by atoms with van der Waals surface area (Å²) in [6.07, 6.45) is -3.07. The van der Waals surface area contributed by atoms with Crippen molar-refractivity contribution in [3.63, 3.8) is 0 Å². The zero-order valence-corrected chi connectivity index (χ0v) is 24.3. The molecule has 0 aromatic rings. The second kappa shape index (κ2) is 10.9. The van der Waals surface area contributed by atoms with E-state index in [1.54, 1.807) is 6.92 Å². The van der Waals surface area contributed by atoms with E-state index in [1.807, 2.05) is 0 Å². The van der Waals surface area contributed by atoms with Crippen LogP contribution in [0.1, 0.15) is 58.8 Å². The summed E-state index contributed by atoms with van der Waals surface area (Å²) in [7, 11) is -5.84. The standard InChI is InChI=1S/C27H34F2O13S/c1-10(27(28,29)43(34,35)36)37-17(30)6-7-18(31)40-23-21-19(20-22(41-21)24(23)42-26(20)33)25(32)39-11(2)38-16-9-12-8-15(16)14-5-3-4-13(12)14/h10-16,19-24H,3-9H2,1-2H3,(H,34,35,36). The van der Waals surface area contributed by atoms with Crippen LogP contribution in [-0.4, -0.2) is 85.0 Å². The molecule has 3 heterocycles. The molecule has 240 valence electrons. The van der Waals surface area contributed by atoms with Gasteiger partial charge in [0.05, 0.1) is 18.9 Å². The fraction of sp³-hybridized carbons (Fsp3) is 0.852. The van der Waals surface area contributed by atoms with E-state index in [-0.39, 0.29) is 6.10 Å². The number of rotatable bonds is 11. The second-order valence-electron chi connectivity index (χ2n) is 12.5. The fourth-order valence-corrected chi connectivity index (χ4v) is 8.83. The van der Waals surface area contributed by atoms with Crippen LogP contribution in [0.3, 0.4) is 0 Å². The lowest BCUT2D eigenvalue weighted by atomic mass is 9.78. The van der Waals surface area contributed by atoms with Crippen LogP contribution >= 0.6 is 0 Å². The molecule has 13 nitrogen and oxygen atoms in total. The summed E-state index contributed by atoms with van der Waals surface area (Å²) in [6, 6.07) is 0. The summed E-state index contributed by atoms with van der Waals surface area (Å²) >= 11 is 0. The fourth-order valence-electron chi connectivity index (χ4n) is 8.37. The van der Waals surface area contributed by atoms with Crippen molar-refractivity contribution >= 4 is 34.0 Å². The van der Waals surface area contributed by atoms with E-state index < -0.39 is 101 Å². The highest BCUT2D eigenvalue weighted by atomic mass is 32.2. The molecule has 13 atom stereocenters. The van der Waals surface area contributed by atoms with Gasteiger partial charge in [0.25, 0.3) is 0 Å². The molecule has 6 aliphatic rings. The first-order valence-corrected chi connectivity index (χ1v) is 16.1. The molecule has 0 radical (unpaired) electrons. The van der Waals surface area contributed by atoms with Gasteiger partial charge in [-0.15, -0.1) is 0 Å². The van der Waals surface area contributed by atoms with Crippen molar-refractivity contribution in [1.29, 1.82) is 0 Å². The summed E-state index contributed by atoms with van der Waals surface area (Å²) < 4.78 is 90.1. The zero-order chi connectivity index (χ0) is 31.0. The largest absolute Gasteiger partial charge is 0.455 e. The van der Waals surface area contributed by atoms with Gasteiger partial charge in [-0.3, -0.25) is 23.7 Å². The molecule has 0 aromatic heterocycles. The van der Waals surface area contributed by atoms with Gasteiger partial charge in [-0.05, 0) is 63.2 Å². The van der Waals surface area contributed by atoms with Crippen molar-refractivity contribution in [3.05, 3.63) is 0 Å². The third kappa shape index (κ3) is 5.21. The predicted octanol–water partition coefficient (Wildman–Crippen LogP) is 1.76. The Morgan fingerprint density at radius 1 is 1.00 bits per heavy atom. The minimum absolute atomic E-state index is 0.00639. The van der Waals surface area contributed by atoms with Crippen molar-refractivity contribution in [3.8, 4) is 0 Å². The molecule has 0 amide bonds. The van der Waals surface area contributed by atoms with Crippen LogP contribution in [0, 0.1) is 35.5 Å². The van der Waals surface area contributed by atoms with Crippen molar-refractivity contribution < 1.29 is 69.4 Å². The third-order valence-corrected chi connectivity index (χ3v) is 11.1. The Labute approximate surface area is 245 Å². The topological polar surface area (TPSA) is 178 Å². The number of fused-ring (bicyclic) bond motifs is 6. The first kappa shape index (κ1) is 30.6. The number of hydrogen-bond donors (Lipinski definition) is 1. The van der Waals surface area contributed by atoms with Gasteiger partial charge >= 0.3 is 39.2 Å². The van der Waals surface area contributed by atoms with Crippen LogP contribution in [-0.2, 0) is 57.7 Å². The Hall–Kier alpha value is -2.43. The molecular formula is C27H34F2O13S. The van der Waals surface area contributed by atoms with Gasteiger partial charge in [-0.25, -0.2) is 0 Å². The SMILES string of the molecule is CC(OC(=O)C1C2OC3C(OC(=O)C31)C2OC(=O)CCC(=O)OC(C)C(F)(F)S(=O)(=O)O)OC1CC2CC1C1CCCC21. The van der Waals surface area contributed by atoms with E-state index in [1.165, 1.54) is 19.3 Å². The quantitative estimate of drug-likeness (QED) is 0.150. The molecule has 6 fully saturated rings. The van der Waals surface area contributed by atoms with E-state index in [9.17, 15) is 36.4 Å². The molecule has 3 saturated carbocycles. The predicted molar refractivity (Wildman–Crippen MR) is 134 cm³/mol. The highest BCUT2D eigenvalue weighted by molar-refractivity contribution is 7.86. The molecule has 13 unspecified atom stereocenters. The molecule has 0 spiro atoms. The van der Waals surface area contributed by atoms with Crippen LogP contribution in [0.2, 0.25) is 0 Å². The molecule has 4 bridgehead atoms. The smallest absolute Gasteiger partial charge is 0.405 e. The third-order valence-electron chi connectivity index (χ3n) is 10.1. The van der Waals surface area contributed by atoms with E-state index in [4.69, 9.17) is 28.2 Å². The molecule has 3 aliphatic carbocycles. The number of hydrogen-bond acceptors (Lipinski definition) is 12. The van der Waals surface area contributed by atoms with Crippen LogP contribution in [0.15, 0.2) is 0 Å². The summed E-state index contributed by atoms with van der Waals surface area (Å²) in [5.74, 6) is -3.30. The average Bonchev–Trinajstić information content (AvgIpc) is 3.73. The first-order chi connectivity index (χ1) is 20.2. The van der Waals surface area contributed by atoms with E-state index >= 15 is 0 Å². The van der Waals surface area contributed by atoms with Gasteiger partial charge in [0.2, 0.25) is 0 Å². The first-order valence-electron chi connectivity index (χ1n) is 14.6. The van der Waals surface area contributed by atoms with Gasteiger partial charge < -0.3 is 28.4 Å². The Morgan fingerprint density at radius 3 is 2.42 bits per heavy atom. The van der Waals surface area contributed by atoms with Crippen LogP contribution in [0.5, 0.6) is 0 Å². The van der Waals surface area contributed by atoms with Crippen LogP contribution in [0.25, 0.3) is 0 Å². The number of ether oxygens (including phenoxy) is 6. The number of carbonyl (C=O) groups excluding carboxylic acids is 4. The summed E-state index contributed by atoms with van der Waals surface area (Å²) in [6.45, 7) is 2.19. The number of carbonyl (C=O) groups is 4. The zero-order valence-electron chi connectivity index (χ0n) is 23.5. The number of halogens is 2. The molecule has 0 aromatic carbocycles. The highest BCUT2D eigenvalue weighted by Crippen LogP contribution is 2.59. The summed E-state index contributed by atoms with van der Waals surface area (Å²) in [4.78, 5) is 50.3. The van der Waals surface area contributed by atoms with Crippen LogP contribution in [0.4, 0.5) is 8.78 Å². The second-order valence-corrected chi connectivity index (χ2v) is 14.0. The summed E-state index contributed by atoms with van der Waals surface area (Å²) in [5, 5.41) is -4.76. The Kier molecular flexibility index (Phi) is 7.74. The van der Waals surface area contributed by atoms with Gasteiger partial charge in [0.15, 0.2) is 24.6 Å². The maximum absolute atomic E-state index is 13.6. The maximum atomic E-state index is 13.6. The van der Waals surface area contributed by atoms with Crippen molar-refractivity contribution in [2.75, 3.05) is 0 Å². The van der Waals surface area contributed by atoms with Crippen molar-refractivity contribution in [2.45, 2.75) is 107 Å². The molecule has 16 heteroatoms. The minimum Gasteiger partial charge on any atom is -0.455 e. The minimum atomic E-state index is -5.84. The van der Waals surface area contributed by atoms with E-state index in [2.05, 4.69) is 4.74 Å². The molecule has 3 saturated heterocycles. The normalized spacial score (nSPS) is 40.2. The molecule has 43 heavy (non-hydrogen) atoms. The van der Waals surface area contributed by atoms with Gasteiger partial charge in [0, 0.05) is 0 Å². The Balaban J connectivity index is 1.02. The van der Waals surface area contributed by atoms with Gasteiger partial charge in [-0.2, -0.15) is 17.2 Å².